The van der Waals surface area contributed by atoms with Gasteiger partial charge in [-0.05, 0) is 56.3 Å². The van der Waals surface area contributed by atoms with Crippen molar-refractivity contribution in [2.75, 3.05) is 4.72 Å². The molecule has 0 radical (unpaired) electrons. The van der Waals surface area contributed by atoms with Crippen molar-refractivity contribution in [3.63, 3.8) is 0 Å². The molecule has 7 heteroatoms. The predicted molar refractivity (Wildman–Crippen MR) is 94.0 cm³/mol. The summed E-state index contributed by atoms with van der Waals surface area (Å²) < 4.78 is 28.0. The van der Waals surface area contributed by atoms with Crippen molar-refractivity contribution < 1.29 is 13.2 Å². The summed E-state index contributed by atoms with van der Waals surface area (Å²) in [6.45, 7) is 3.72. The third kappa shape index (κ3) is 4.80. The van der Waals surface area contributed by atoms with Gasteiger partial charge in [-0.3, -0.25) is 9.52 Å². The van der Waals surface area contributed by atoms with Gasteiger partial charge in [-0.25, -0.2) is 8.42 Å². The normalized spacial score (nSPS) is 11.3. The third-order valence-electron chi connectivity index (χ3n) is 2.92. The molecule has 1 amide bonds. The molecule has 0 aliphatic carbocycles. The van der Waals surface area contributed by atoms with Crippen LogP contribution in [0, 0.1) is 0 Å². The highest BCUT2D eigenvalue weighted by Gasteiger charge is 2.15. The van der Waals surface area contributed by atoms with Crippen LogP contribution in [-0.4, -0.2) is 20.4 Å². The number of benzene rings is 2. The molecular weight excluding hydrogens is 380 g/mol. The van der Waals surface area contributed by atoms with Crippen molar-refractivity contribution in [2.24, 2.45) is 0 Å². The smallest absolute Gasteiger partial charge is 0.261 e. The SMILES string of the molecule is CC(C)NC(=O)c1ccc(S(=O)(=O)Nc2cccc(Br)c2)cc1. The summed E-state index contributed by atoms with van der Waals surface area (Å²) in [5.74, 6) is -0.233. The number of carbonyl (C=O) groups is 1. The molecule has 2 aromatic rings. The molecule has 0 fully saturated rings. The number of nitrogens with one attached hydrogen (secondary N) is 2. The van der Waals surface area contributed by atoms with Crippen molar-refractivity contribution in [1.82, 2.24) is 5.32 Å². The van der Waals surface area contributed by atoms with Crippen molar-refractivity contribution in [3.8, 4) is 0 Å². The third-order valence-corrected chi connectivity index (χ3v) is 4.81. The number of amides is 1. The van der Waals surface area contributed by atoms with Crippen molar-refractivity contribution in [1.29, 1.82) is 0 Å². The van der Waals surface area contributed by atoms with Crippen LogP contribution < -0.4 is 10.0 Å². The number of carbonyl (C=O) groups excluding carboxylic acids is 1. The van der Waals surface area contributed by atoms with Gasteiger partial charge in [0, 0.05) is 21.8 Å². The molecule has 0 bridgehead atoms. The van der Waals surface area contributed by atoms with Crippen LogP contribution in [0.2, 0.25) is 0 Å². The lowest BCUT2D eigenvalue weighted by atomic mass is 10.2. The molecule has 0 aliphatic heterocycles. The predicted octanol–water partition coefficient (Wildman–Crippen LogP) is 3.39. The highest BCUT2D eigenvalue weighted by molar-refractivity contribution is 9.10. The van der Waals surface area contributed by atoms with Gasteiger partial charge in [-0.2, -0.15) is 0 Å². The number of sulfonamides is 1. The average molecular weight is 397 g/mol. The number of anilines is 1. The standard InChI is InChI=1S/C16H17BrN2O3S/c1-11(2)18-16(20)12-6-8-15(9-7-12)23(21,22)19-14-5-3-4-13(17)10-14/h3-11,19H,1-2H3,(H,18,20). The maximum absolute atomic E-state index is 12.3. The van der Waals surface area contributed by atoms with E-state index in [0.717, 1.165) is 4.47 Å². The van der Waals surface area contributed by atoms with E-state index in [0.29, 0.717) is 11.3 Å². The topological polar surface area (TPSA) is 75.3 Å². The quantitative estimate of drug-likeness (QED) is 0.812. The van der Waals surface area contributed by atoms with Crippen molar-refractivity contribution >= 4 is 37.5 Å². The Kier molecular flexibility index (Phi) is 5.43. The second-order valence-electron chi connectivity index (χ2n) is 5.27. The largest absolute Gasteiger partial charge is 0.350 e. The van der Waals surface area contributed by atoms with Gasteiger partial charge in [0.15, 0.2) is 0 Å². The summed E-state index contributed by atoms with van der Waals surface area (Å²) in [6.07, 6.45) is 0. The molecule has 0 unspecified atom stereocenters. The minimum atomic E-state index is -3.70. The number of hydrogen-bond acceptors (Lipinski definition) is 3. The van der Waals surface area contributed by atoms with Gasteiger partial charge in [-0.15, -0.1) is 0 Å². The van der Waals surface area contributed by atoms with Gasteiger partial charge in [0.05, 0.1) is 4.90 Å². The van der Waals surface area contributed by atoms with Crippen LogP contribution in [0.4, 0.5) is 5.69 Å². The summed E-state index contributed by atoms with van der Waals surface area (Å²) in [5.41, 5.74) is 0.876. The Labute approximate surface area is 144 Å². The Hall–Kier alpha value is -1.86. The van der Waals surface area contributed by atoms with Crippen molar-refractivity contribution in [2.45, 2.75) is 24.8 Å². The molecular formula is C16H17BrN2O3S. The summed E-state index contributed by atoms with van der Waals surface area (Å²) in [7, 11) is -3.70. The molecule has 23 heavy (non-hydrogen) atoms. The van der Waals surface area contributed by atoms with Gasteiger partial charge in [-0.1, -0.05) is 22.0 Å². The first-order valence-electron chi connectivity index (χ1n) is 6.97. The highest BCUT2D eigenvalue weighted by atomic mass is 79.9. The molecule has 0 heterocycles. The van der Waals surface area contributed by atoms with E-state index >= 15 is 0 Å². The molecule has 0 saturated carbocycles. The van der Waals surface area contributed by atoms with Gasteiger partial charge >= 0.3 is 0 Å². The van der Waals surface area contributed by atoms with Crippen LogP contribution in [0.15, 0.2) is 57.9 Å². The second kappa shape index (κ2) is 7.14. The minimum absolute atomic E-state index is 0.0177. The minimum Gasteiger partial charge on any atom is -0.350 e. The van der Waals surface area contributed by atoms with E-state index in [2.05, 4.69) is 26.0 Å². The first kappa shape index (κ1) is 17.5. The Balaban J connectivity index is 2.19. The fourth-order valence-corrected chi connectivity index (χ4v) is 3.35. The molecule has 0 saturated heterocycles. The maximum atomic E-state index is 12.3. The lowest BCUT2D eigenvalue weighted by molar-refractivity contribution is 0.0943. The van der Waals surface area contributed by atoms with Crippen LogP contribution in [0.25, 0.3) is 0 Å². The summed E-state index contributed by atoms with van der Waals surface area (Å²) in [4.78, 5) is 12.0. The lowest BCUT2D eigenvalue weighted by Gasteiger charge is -2.10. The number of halogens is 1. The van der Waals surface area contributed by atoms with E-state index in [1.54, 1.807) is 24.3 Å². The first-order valence-corrected chi connectivity index (χ1v) is 9.25. The zero-order valence-corrected chi connectivity index (χ0v) is 15.1. The van der Waals surface area contributed by atoms with Crippen LogP contribution >= 0.6 is 15.9 Å². The molecule has 5 nitrogen and oxygen atoms in total. The first-order chi connectivity index (χ1) is 10.8. The van der Waals surface area contributed by atoms with E-state index in [1.807, 2.05) is 13.8 Å². The highest BCUT2D eigenvalue weighted by Crippen LogP contribution is 2.20. The molecule has 0 aliphatic rings. The summed E-state index contributed by atoms with van der Waals surface area (Å²) in [6, 6.07) is 12.7. The van der Waals surface area contributed by atoms with E-state index < -0.39 is 10.0 Å². The summed E-state index contributed by atoms with van der Waals surface area (Å²) in [5, 5.41) is 2.75. The number of rotatable bonds is 5. The van der Waals surface area contributed by atoms with Crippen LogP contribution in [0.3, 0.4) is 0 Å². The molecule has 2 rings (SSSR count). The van der Waals surface area contributed by atoms with Gasteiger partial charge < -0.3 is 5.32 Å². The molecule has 0 atom stereocenters. The molecule has 2 aromatic carbocycles. The molecule has 122 valence electrons. The second-order valence-corrected chi connectivity index (χ2v) is 7.87. The fraction of sp³-hybridized carbons (Fsp3) is 0.188. The van der Waals surface area contributed by atoms with Crippen LogP contribution in [0.5, 0.6) is 0 Å². The van der Waals surface area contributed by atoms with Crippen molar-refractivity contribution in [3.05, 3.63) is 58.6 Å². The molecule has 0 aromatic heterocycles. The van der Waals surface area contributed by atoms with Gasteiger partial charge in [0.25, 0.3) is 15.9 Å². The van der Waals surface area contributed by atoms with E-state index in [-0.39, 0.29) is 16.8 Å². The zero-order valence-electron chi connectivity index (χ0n) is 12.7. The maximum Gasteiger partial charge on any atom is 0.261 e. The van der Waals surface area contributed by atoms with E-state index in [1.165, 1.54) is 24.3 Å². The van der Waals surface area contributed by atoms with E-state index in [4.69, 9.17) is 0 Å². The lowest BCUT2D eigenvalue weighted by Crippen LogP contribution is -2.30. The molecule has 0 spiro atoms. The Morgan fingerprint density at radius 1 is 1.09 bits per heavy atom. The van der Waals surface area contributed by atoms with Crippen LogP contribution in [0.1, 0.15) is 24.2 Å². The Bertz CT molecular complexity index is 802. The Morgan fingerprint density at radius 2 is 1.74 bits per heavy atom. The molecule has 2 N–H and O–H groups in total. The number of hydrogen-bond donors (Lipinski definition) is 2. The zero-order chi connectivity index (χ0) is 17.0. The van der Waals surface area contributed by atoms with E-state index in [9.17, 15) is 13.2 Å². The summed E-state index contributed by atoms with van der Waals surface area (Å²) >= 11 is 3.29. The average Bonchev–Trinajstić information content (AvgIpc) is 2.46. The van der Waals surface area contributed by atoms with Gasteiger partial charge in [0.2, 0.25) is 0 Å². The van der Waals surface area contributed by atoms with Crippen LogP contribution in [-0.2, 0) is 10.0 Å². The fourth-order valence-electron chi connectivity index (χ4n) is 1.90. The Morgan fingerprint density at radius 3 is 2.30 bits per heavy atom. The van der Waals surface area contributed by atoms with Gasteiger partial charge in [0.1, 0.15) is 0 Å². The monoisotopic (exact) mass is 396 g/mol.